The van der Waals surface area contributed by atoms with Crippen LogP contribution in [0.3, 0.4) is 0 Å². The summed E-state index contributed by atoms with van der Waals surface area (Å²) in [5, 5.41) is 0. The van der Waals surface area contributed by atoms with E-state index in [0.29, 0.717) is 19.3 Å². The van der Waals surface area contributed by atoms with Gasteiger partial charge in [0.1, 0.15) is 13.2 Å². The quantitative estimate of drug-likeness (QED) is 0.0348. The van der Waals surface area contributed by atoms with Gasteiger partial charge in [0.25, 0.3) is 0 Å². The lowest BCUT2D eigenvalue weighted by Gasteiger charge is -2.18. The molecule has 1 unspecified atom stereocenters. The summed E-state index contributed by atoms with van der Waals surface area (Å²) < 4.78 is 16.7. The summed E-state index contributed by atoms with van der Waals surface area (Å²) in [6, 6.07) is 0. The van der Waals surface area contributed by atoms with Gasteiger partial charge in [-0.25, -0.2) is 0 Å². The van der Waals surface area contributed by atoms with Crippen molar-refractivity contribution in [2.24, 2.45) is 5.92 Å². The number of unbranched alkanes of at least 4 members (excludes halogenated alkanes) is 30. The molecular formula is C49H94O6. The van der Waals surface area contributed by atoms with E-state index in [-0.39, 0.29) is 31.1 Å². The van der Waals surface area contributed by atoms with Gasteiger partial charge in [-0.1, -0.05) is 233 Å². The van der Waals surface area contributed by atoms with E-state index in [2.05, 4.69) is 27.7 Å². The summed E-state index contributed by atoms with van der Waals surface area (Å²) in [7, 11) is 0. The Morgan fingerprint density at radius 3 is 0.945 bits per heavy atom. The van der Waals surface area contributed by atoms with E-state index >= 15 is 0 Å². The van der Waals surface area contributed by atoms with Gasteiger partial charge in [-0.05, 0) is 25.2 Å². The monoisotopic (exact) mass is 779 g/mol. The molecule has 0 saturated heterocycles. The van der Waals surface area contributed by atoms with Gasteiger partial charge in [0.05, 0.1) is 0 Å². The molecule has 0 radical (unpaired) electrons. The molecule has 0 aromatic rings. The molecule has 0 aromatic heterocycles. The van der Waals surface area contributed by atoms with Crippen LogP contribution in [0.15, 0.2) is 0 Å². The van der Waals surface area contributed by atoms with E-state index in [0.717, 1.165) is 63.7 Å². The normalized spacial score (nSPS) is 12.4. The molecular weight excluding hydrogens is 685 g/mol. The molecule has 6 heteroatoms. The summed E-state index contributed by atoms with van der Waals surface area (Å²) in [5.74, 6) is 0.0185. The van der Waals surface area contributed by atoms with Crippen LogP contribution in [0.2, 0.25) is 0 Å². The van der Waals surface area contributed by atoms with Crippen LogP contribution < -0.4 is 0 Å². The molecule has 6 nitrogen and oxygen atoms in total. The predicted octanol–water partition coefficient (Wildman–Crippen LogP) is 15.5. The average Bonchev–Trinajstić information content (AvgIpc) is 3.18. The second-order valence-electron chi connectivity index (χ2n) is 17.0. The molecule has 0 N–H and O–H groups in total. The molecule has 0 bridgehead atoms. The van der Waals surface area contributed by atoms with Crippen molar-refractivity contribution < 1.29 is 28.6 Å². The third-order valence-corrected chi connectivity index (χ3v) is 11.4. The Balaban J connectivity index is 4.30. The lowest BCUT2D eigenvalue weighted by atomic mass is 9.99. The second-order valence-corrected chi connectivity index (χ2v) is 17.0. The minimum Gasteiger partial charge on any atom is -0.462 e. The zero-order valence-electron chi connectivity index (χ0n) is 37.4. The maximum Gasteiger partial charge on any atom is 0.306 e. The van der Waals surface area contributed by atoms with Crippen molar-refractivity contribution in [2.75, 3.05) is 13.2 Å². The summed E-state index contributed by atoms with van der Waals surface area (Å²) >= 11 is 0. The van der Waals surface area contributed by atoms with Crippen molar-refractivity contribution in [3.8, 4) is 0 Å². The minimum absolute atomic E-state index is 0.0635. The van der Waals surface area contributed by atoms with Crippen LogP contribution in [0.5, 0.6) is 0 Å². The van der Waals surface area contributed by atoms with E-state index in [9.17, 15) is 14.4 Å². The third-order valence-electron chi connectivity index (χ3n) is 11.4. The highest BCUT2D eigenvalue weighted by Crippen LogP contribution is 2.17. The van der Waals surface area contributed by atoms with E-state index in [1.54, 1.807) is 0 Å². The van der Waals surface area contributed by atoms with E-state index in [1.165, 1.54) is 167 Å². The van der Waals surface area contributed by atoms with Gasteiger partial charge >= 0.3 is 17.9 Å². The number of hydrogen-bond donors (Lipinski definition) is 0. The Bertz CT molecular complexity index is 828. The van der Waals surface area contributed by atoms with Crippen LogP contribution in [-0.2, 0) is 28.6 Å². The number of carbonyl (C=O) groups is 3. The molecule has 0 aromatic carbocycles. The van der Waals surface area contributed by atoms with E-state index in [4.69, 9.17) is 14.2 Å². The Labute approximate surface area is 342 Å². The SMILES string of the molecule is CCCCCCCCCCCCCCCCC(=O)O[C@@H](COC(=O)CCCCCCCCCCC)COC(=O)CCCCCCCCCCCCC(C)CC. The third kappa shape index (κ3) is 41.9. The molecule has 0 amide bonds. The first-order valence-electron chi connectivity index (χ1n) is 24.4. The van der Waals surface area contributed by atoms with Crippen molar-refractivity contribution >= 4 is 17.9 Å². The molecule has 0 aliphatic heterocycles. The van der Waals surface area contributed by atoms with Crippen LogP contribution in [0.25, 0.3) is 0 Å². The Morgan fingerprint density at radius 1 is 0.364 bits per heavy atom. The Kier molecular flexibility index (Phi) is 42.3. The fourth-order valence-electron chi connectivity index (χ4n) is 7.30. The van der Waals surface area contributed by atoms with Crippen molar-refractivity contribution in [3.63, 3.8) is 0 Å². The summed E-state index contributed by atoms with van der Waals surface area (Å²) in [4.78, 5) is 37.8. The zero-order valence-corrected chi connectivity index (χ0v) is 37.4. The number of rotatable bonds is 44. The van der Waals surface area contributed by atoms with Gasteiger partial charge in [0.2, 0.25) is 0 Å². The van der Waals surface area contributed by atoms with Gasteiger partial charge in [-0.2, -0.15) is 0 Å². The first kappa shape index (κ1) is 53.4. The summed E-state index contributed by atoms with van der Waals surface area (Å²) in [5.41, 5.74) is 0. The van der Waals surface area contributed by atoms with Crippen molar-refractivity contribution in [1.82, 2.24) is 0 Å². The van der Waals surface area contributed by atoms with Gasteiger partial charge in [-0.3, -0.25) is 14.4 Å². The molecule has 0 fully saturated rings. The summed E-state index contributed by atoms with van der Waals surface area (Å²) in [6.45, 7) is 9.02. The van der Waals surface area contributed by atoms with Crippen LogP contribution >= 0.6 is 0 Å². The molecule has 0 saturated carbocycles. The topological polar surface area (TPSA) is 78.9 Å². The maximum atomic E-state index is 12.7. The number of hydrogen-bond acceptors (Lipinski definition) is 6. The standard InChI is InChI=1S/C49H94O6/c1-5-8-10-12-14-16-17-18-19-20-26-30-34-38-42-49(52)55-46(43-53-47(50)40-36-32-28-23-15-13-11-9-6-2)44-54-48(51)41-37-33-29-25-22-21-24-27-31-35-39-45(4)7-3/h45-46H,5-44H2,1-4H3/t45?,46-/m0/s1. The lowest BCUT2D eigenvalue weighted by molar-refractivity contribution is -0.167. The maximum absolute atomic E-state index is 12.7. The number of esters is 3. The highest BCUT2D eigenvalue weighted by atomic mass is 16.6. The fraction of sp³-hybridized carbons (Fsp3) is 0.939. The van der Waals surface area contributed by atoms with E-state index in [1.807, 2.05) is 0 Å². The van der Waals surface area contributed by atoms with Crippen LogP contribution in [0, 0.1) is 5.92 Å². The molecule has 0 aliphatic rings. The highest BCUT2D eigenvalue weighted by Gasteiger charge is 2.19. The molecule has 0 rings (SSSR count). The van der Waals surface area contributed by atoms with Crippen molar-refractivity contribution in [1.29, 1.82) is 0 Å². The first-order chi connectivity index (χ1) is 26.9. The van der Waals surface area contributed by atoms with Crippen LogP contribution in [0.1, 0.15) is 272 Å². The molecule has 0 aliphatic carbocycles. The van der Waals surface area contributed by atoms with Crippen molar-refractivity contribution in [3.05, 3.63) is 0 Å². The Morgan fingerprint density at radius 2 is 0.636 bits per heavy atom. The second kappa shape index (κ2) is 43.5. The molecule has 0 heterocycles. The smallest absolute Gasteiger partial charge is 0.306 e. The highest BCUT2D eigenvalue weighted by molar-refractivity contribution is 5.71. The van der Waals surface area contributed by atoms with Gasteiger partial charge in [0.15, 0.2) is 6.10 Å². The summed E-state index contributed by atoms with van der Waals surface area (Å²) in [6.07, 6.45) is 43.6. The van der Waals surface area contributed by atoms with E-state index < -0.39 is 6.10 Å². The molecule has 55 heavy (non-hydrogen) atoms. The predicted molar refractivity (Wildman–Crippen MR) is 233 cm³/mol. The molecule has 2 atom stereocenters. The fourth-order valence-corrected chi connectivity index (χ4v) is 7.30. The molecule has 0 spiro atoms. The molecule has 326 valence electrons. The minimum atomic E-state index is -0.759. The van der Waals surface area contributed by atoms with Gasteiger partial charge in [0, 0.05) is 19.3 Å². The largest absolute Gasteiger partial charge is 0.462 e. The van der Waals surface area contributed by atoms with Gasteiger partial charge < -0.3 is 14.2 Å². The van der Waals surface area contributed by atoms with Crippen LogP contribution in [-0.4, -0.2) is 37.2 Å². The van der Waals surface area contributed by atoms with Crippen molar-refractivity contribution in [2.45, 2.75) is 278 Å². The van der Waals surface area contributed by atoms with Gasteiger partial charge in [-0.15, -0.1) is 0 Å². The Hall–Kier alpha value is -1.59. The lowest BCUT2D eigenvalue weighted by Crippen LogP contribution is -2.30. The average molecular weight is 779 g/mol. The number of carbonyl (C=O) groups excluding carboxylic acids is 3. The first-order valence-corrected chi connectivity index (χ1v) is 24.4. The zero-order chi connectivity index (χ0) is 40.3. The van der Waals surface area contributed by atoms with Crippen LogP contribution in [0.4, 0.5) is 0 Å². The number of ether oxygens (including phenoxy) is 3.